The van der Waals surface area contributed by atoms with Gasteiger partial charge in [-0.3, -0.25) is 28.8 Å². The summed E-state index contributed by atoms with van der Waals surface area (Å²) in [6.45, 7) is 0. The van der Waals surface area contributed by atoms with Crippen molar-refractivity contribution in [3.05, 3.63) is 36.0 Å². The Morgan fingerprint density at radius 2 is 1.40 bits per heavy atom. The molecule has 4 atom stereocenters. The van der Waals surface area contributed by atoms with Crippen molar-refractivity contribution in [1.82, 2.24) is 20.9 Å². The van der Waals surface area contributed by atoms with Gasteiger partial charge in [-0.15, -0.1) is 0 Å². The van der Waals surface area contributed by atoms with Gasteiger partial charge < -0.3 is 47.7 Å². The minimum Gasteiger partial charge on any atom is -0.481 e. The third-order valence-electron chi connectivity index (χ3n) is 5.76. The smallest absolute Gasteiger partial charge is 0.326 e. The van der Waals surface area contributed by atoms with Crippen LogP contribution >= 0.6 is 0 Å². The number of carbonyl (C=O) groups excluding carboxylic acids is 4. The lowest BCUT2D eigenvalue weighted by molar-refractivity contribution is -0.143. The molecule has 1 aromatic carbocycles. The van der Waals surface area contributed by atoms with Crippen LogP contribution in [0, 0.1) is 0 Å². The third kappa shape index (κ3) is 9.39. The Hall–Kier alpha value is -4.99. The first kappa shape index (κ1) is 31.2. The van der Waals surface area contributed by atoms with Gasteiger partial charge in [-0.2, -0.15) is 0 Å². The van der Waals surface area contributed by atoms with Crippen molar-refractivity contribution in [2.75, 3.05) is 0 Å². The molecule has 1 heterocycles. The third-order valence-corrected chi connectivity index (χ3v) is 5.76. The van der Waals surface area contributed by atoms with Gasteiger partial charge in [0, 0.05) is 29.9 Å². The van der Waals surface area contributed by atoms with Crippen LogP contribution in [0.2, 0.25) is 0 Å². The van der Waals surface area contributed by atoms with E-state index in [2.05, 4.69) is 20.9 Å². The molecule has 0 aliphatic rings. The molecule has 0 aliphatic heterocycles. The molecule has 2 aromatic rings. The minimum atomic E-state index is -1.69. The number of rotatable bonds is 16. The fraction of sp³-hybridized carbons (Fsp3) is 0.375. The number of hydrogen-bond donors (Lipinski definition) is 9. The first-order valence-corrected chi connectivity index (χ1v) is 11.9. The number of nitrogens with two attached hydrogens (primary N) is 2. The predicted molar refractivity (Wildman–Crippen MR) is 136 cm³/mol. The molecule has 16 nitrogen and oxygen atoms in total. The zero-order chi connectivity index (χ0) is 30.0. The number of aliphatic carboxylic acids is 3. The molecule has 1 aromatic heterocycles. The summed E-state index contributed by atoms with van der Waals surface area (Å²) in [6.07, 6.45) is -1.11. The quantitative estimate of drug-likeness (QED) is 0.106. The Kier molecular flexibility index (Phi) is 11.1. The first-order valence-electron chi connectivity index (χ1n) is 11.9. The number of H-pyrrole nitrogens is 1. The number of primary amides is 1. The number of para-hydroxylation sites is 1. The molecule has 0 aliphatic carbocycles. The summed E-state index contributed by atoms with van der Waals surface area (Å²) in [5, 5.41) is 34.5. The molecule has 0 radical (unpaired) electrons. The van der Waals surface area contributed by atoms with Crippen LogP contribution in [0.3, 0.4) is 0 Å². The highest BCUT2D eigenvalue weighted by atomic mass is 16.4. The van der Waals surface area contributed by atoms with E-state index in [9.17, 15) is 38.7 Å². The van der Waals surface area contributed by atoms with Crippen molar-refractivity contribution in [3.63, 3.8) is 0 Å². The van der Waals surface area contributed by atoms with E-state index < -0.39 is 91.4 Å². The molecule has 216 valence electrons. The van der Waals surface area contributed by atoms with E-state index in [0.29, 0.717) is 10.9 Å². The zero-order valence-electron chi connectivity index (χ0n) is 21.1. The molecule has 4 amide bonds. The number of carboxylic acids is 3. The van der Waals surface area contributed by atoms with E-state index in [1.807, 2.05) is 0 Å². The van der Waals surface area contributed by atoms with Crippen LogP contribution in [0.4, 0.5) is 0 Å². The van der Waals surface area contributed by atoms with Crippen LogP contribution in [0.25, 0.3) is 10.9 Å². The largest absolute Gasteiger partial charge is 0.481 e. The second kappa shape index (κ2) is 14.2. The van der Waals surface area contributed by atoms with Crippen molar-refractivity contribution in [3.8, 4) is 0 Å². The van der Waals surface area contributed by atoms with Gasteiger partial charge in [0.05, 0.1) is 18.9 Å². The van der Waals surface area contributed by atoms with Gasteiger partial charge in [0.2, 0.25) is 23.6 Å². The molecule has 11 N–H and O–H groups in total. The number of carbonyl (C=O) groups is 7. The van der Waals surface area contributed by atoms with Crippen molar-refractivity contribution in [2.24, 2.45) is 11.5 Å². The van der Waals surface area contributed by atoms with E-state index in [1.165, 1.54) is 0 Å². The maximum atomic E-state index is 13.3. The monoisotopic (exact) mass is 562 g/mol. The number of nitrogens with one attached hydrogen (secondary N) is 4. The molecule has 0 saturated carbocycles. The summed E-state index contributed by atoms with van der Waals surface area (Å²) < 4.78 is 0. The fourth-order valence-electron chi connectivity index (χ4n) is 3.77. The van der Waals surface area contributed by atoms with Crippen LogP contribution in [-0.4, -0.2) is 86.0 Å². The van der Waals surface area contributed by atoms with E-state index in [-0.39, 0.29) is 6.42 Å². The van der Waals surface area contributed by atoms with E-state index in [1.54, 1.807) is 30.5 Å². The van der Waals surface area contributed by atoms with Crippen LogP contribution < -0.4 is 27.4 Å². The number of amides is 4. The van der Waals surface area contributed by atoms with Crippen LogP contribution in [0.5, 0.6) is 0 Å². The van der Waals surface area contributed by atoms with Crippen LogP contribution in [-0.2, 0) is 40.0 Å². The highest BCUT2D eigenvalue weighted by Gasteiger charge is 2.32. The molecule has 0 saturated heterocycles. The van der Waals surface area contributed by atoms with Gasteiger partial charge in [-0.05, 0) is 18.1 Å². The van der Waals surface area contributed by atoms with Gasteiger partial charge in [0.25, 0.3) is 0 Å². The van der Waals surface area contributed by atoms with Gasteiger partial charge in [0.15, 0.2) is 0 Å². The van der Waals surface area contributed by atoms with Gasteiger partial charge in [0.1, 0.15) is 18.1 Å². The summed E-state index contributed by atoms with van der Waals surface area (Å²) in [6, 6.07) is 0.771. The summed E-state index contributed by atoms with van der Waals surface area (Å²) in [5.41, 5.74) is 12.1. The topological polar surface area (TPSA) is 284 Å². The second-order valence-electron chi connectivity index (χ2n) is 8.89. The van der Waals surface area contributed by atoms with Crippen LogP contribution in [0.1, 0.15) is 31.2 Å². The summed E-state index contributed by atoms with van der Waals surface area (Å²) in [5.74, 6) is -8.33. The Bertz CT molecular complexity index is 1290. The summed E-state index contributed by atoms with van der Waals surface area (Å²) >= 11 is 0. The van der Waals surface area contributed by atoms with E-state index in [0.717, 1.165) is 5.52 Å². The number of hydrogen-bond acceptors (Lipinski definition) is 8. The average Bonchev–Trinajstić information content (AvgIpc) is 3.27. The molecule has 4 unspecified atom stereocenters. The average molecular weight is 563 g/mol. The number of aromatic nitrogens is 1. The Labute approximate surface area is 226 Å². The van der Waals surface area contributed by atoms with Crippen molar-refractivity contribution >= 4 is 52.4 Å². The van der Waals surface area contributed by atoms with Gasteiger partial charge >= 0.3 is 17.9 Å². The lowest BCUT2D eigenvalue weighted by Gasteiger charge is -2.24. The van der Waals surface area contributed by atoms with Gasteiger partial charge in [-0.1, -0.05) is 18.2 Å². The van der Waals surface area contributed by atoms with Crippen molar-refractivity contribution in [1.29, 1.82) is 0 Å². The Morgan fingerprint density at radius 3 is 2.00 bits per heavy atom. The normalized spacial score (nSPS) is 13.8. The first-order chi connectivity index (χ1) is 18.8. The Morgan fingerprint density at radius 1 is 0.800 bits per heavy atom. The number of fused-ring (bicyclic) bond motifs is 1. The lowest BCUT2D eigenvalue weighted by atomic mass is 10.0. The fourth-order valence-corrected chi connectivity index (χ4v) is 3.77. The number of carboxylic acid groups (broad SMARTS) is 3. The summed E-state index contributed by atoms with van der Waals surface area (Å²) in [7, 11) is 0. The van der Waals surface area contributed by atoms with Crippen molar-refractivity contribution in [2.45, 2.75) is 56.3 Å². The SMILES string of the molecule is NC(=O)CC(NC(=O)C(Cc1c[nH]c2ccccc12)NC(=O)C(N)CC(=O)O)C(=O)NC(CCC(=O)O)C(=O)O. The molecule has 0 bridgehead atoms. The molecule has 2 rings (SSSR count). The molecule has 0 fully saturated rings. The highest BCUT2D eigenvalue weighted by molar-refractivity contribution is 5.97. The molecular weight excluding hydrogens is 532 g/mol. The highest BCUT2D eigenvalue weighted by Crippen LogP contribution is 2.19. The zero-order valence-corrected chi connectivity index (χ0v) is 21.1. The van der Waals surface area contributed by atoms with Crippen LogP contribution in [0.15, 0.2) is 30.5 Å². The van der Waals surface area contributed by atoms with Crippen molar-refractivity contribution < 1.29 is 48.9 Å². The predicted octanol–water partition coefficient (Wildman–Crippen LogP) is -2.21. The van der Waals surface area contributed by atoms with E-state index in [4.69, 9.17) is 21.7 Å². The summed E-state index contributed by atoms with van der Waals surface area (Å²) in [4.78, 5) is 86.6. The Balaban J connectivity index is 2.30. The molecule has 40 heavy (non-hydrogen) atoms. The van der Waals surface area contributed by atoms with Gasteiger partial charge in [-0.25, -0.2) is 4.79 Å². The lowest BCUT2D eigenvalue weighted by Crippen LogP contribution is -2.58. The van der Waals surface area contributed by atoms with E-state index >= 15 is 0 Å². The maximum Gasteiger partial charge on any atom is 0.326 e. The standard InChI is InChI=1S/C24H30N6O10/c25-13(8-20(34)35)21(36)29-16(7-11-10-27-14-4-2-1-3-12(11)14)22(37)30-17(9-18(26)31)23(38)28-15(24(39)40)5-6-19(32)33/h1-4,10,13,15-17,27H,5-9,25H2,(H2,26,31)(H,28,38)(H,29,36)(H,30,37)(H,32,33)(H,34,35)(H,39,40). The number of aromatic amines is 1. The minimum absolute atomic E-state index is 0.150. The number of benzene rings is 1. The second-order valence-corrected chi connectivity index (χ2v) is 8.89. The maximum absolute atomic E-state index is 13.3. The molecule has 0 spiro atoms. The molecule has 16 heteroatoms. The molecular formula is C24H30N6O10.